The summed E-state index contributed by atoms with van der Waals surface area (Å²) in [5.74, 6) is 0.541. The third-order valence-corrected chi connectivity index (χ3v) is 2.13. The number of aromatic amines is 1. The van der Waals surface area contributed by atoms with Crippen molar-refractivity contribution >= 4 is 22.6 Å². The van der Waals surface area contributed by atoms with Crippen LogP contribution in [0.25, 0.3) is 11.0 Å². The summed E-state index contributed by atoms with van der Waals surface area (Å²) in [5, 5.41) is 7.95. The Balaban J connectivity index is 2.55. The van der Waals surface area contributed by atoms with Gasteiger partial charge < -0.3 is 0 Å². The highest BCUT2D eigenvalue weighted by atomic mass is 35.5. The van der Waals surface area contributed by atoms with Gasteiger partial charge in [0.15, 0.2) is 5.65 Å². The lowest BCUT2D eigenvalue weighted by Crippen LogP contribution is -1.99. The number of nitrogens with zero attached hydrogens (tertiary/aromatic N) is 3. The number of nitrogens with one attached hydrogen (secondary N) is 1. The zero-order valence-corrected chi connectivity index (χ0v) is 8.84. The molecule has 0 aliphatic heterocycles. The Labute approximate surface area is 86.7 Å². The second kappa shape index (κ2) is 3.53. The van der Waals surface area contributed by atoms with Gasteiger partial charge in [-0.2, -0.15) is 10.1 Å². The van der Waals surface area contributed by atoms with Crippen LogP contribution in [0, 0.1) is 5.92 Å². The van der Waals surface area contributed by atoms with Crippen molar-refractivity contribution in [3.63, 3.8) is 0 Å². The van der Waals surface area contributed by atoms with Gasteiger partial charge >= 0.3 is 0 Å². The van der Waals surface area contributed by atoms with Crippen molar-refractivity contribution in [2.75, 3.05) is 0 Å². The van der Waals surface area contributed by atoms with Crippen LogP contribution in [0.15, 0.2) is 6.20 Å². The van der Waals surface area contributed by atoms with E-state index in [9.17, 15) is 0 Å². The molecule has 2 rings (SSSR count). The highest BCUT2D eigenvalue weighted by Crippen LogP contribution is 2.18. The molecule has 2 heterocycles. The van der Waals surface area contributed by atoms with Gasteiger partial charge in [0.25, 0.3) is 0 Å². The van der Waals surface area contributed by atoms with Crippen LogP contribution in [0.5, 0.6) is 0 Å². The van der Waals surface area contributed by atoms with Gasteiger partial charge in [-0.25, -0.2) is 4.98 Å². The Hall–Kier alpha value is -1.16. The van der Waals surface area contributed by atoms with Crippen molar-refractivity contribution in [1.82, 2.24) is 20.2 Å². The fourth-order valence-corrected chi connectivity index (χ4v) is 1.59. The average molecular weight is 211 g/mol. The lowest BCUT2D eigenvalue weighted by atomic mass is 10.1. The summed E-state index contributed by atoms with van der Waals surface area (Å²) < 4.78 is 0. The first-order valence-corrected chi connectivity index (χ1v) is 4.90. The molecule has 0 aliphatic carbocycles. The van der Waals surface area contributed by atoms with E-state index < -0.39 is 0 Å². The first kappa shape index (κ1) is 9.40. The molecule has 0 fully saturated rings. The minimum Gasteiger partial charge on any atom is -0.261 e. The van der Waals surface area contributed by atoms with E-state index in [1.165, 1.54) is 0 Å². The lowest BCUT2D eigenvalue weighted by molar-refractivity contribution is 0.638. The van der Waals surface area contributed by atoms with E-state index in [-0.39, 0.29) is 5.28 Å². The SMILES string of the molecule is CC(C)Cc1nc(Cl)nc2[nH]ncc12. The summed E-state index contributed by atoms with van der Waals surface area (Å²) in [6.07, 6.45) is 2.63. The van der Waals surface area contributed by atoms with Gasteiger partial charge in [-0.05, 0) is 23.9 Å². The van der Waals surface area contributed by atoms with Crippen LogP contribution in [0.4, 0.5) is 0 Å². The normalized spacial score (nSPS) is 11.4. The average Bonchev–Trinajstić information content (AvgIpc) is 2.50. The molecule has 4 nitrogen and oxygen atoms in total. The molecule has 0 atom stereocenters. The van der Waals surface area contributed by atoms with E-state index in [0.717, 1.165) is 17.5 Å². The number of rotatable bonds is 2. The molecular weight excluding hydrogens is 200 g/mol. The van der Waals surface area contributed by atoms with Crippen LogP contribution in [-0.4, -0.2) is 20.2 Å². The maximum absolute atomic E-state index is 5.79. The fourth-order valence-electron chi connectivity index (χ4n) is 1.41. The molecule has 2 aromatic rings. The predicted molar refractivity (Wildman–Crippen MR) is 55.2 cm³/mol. The molecule has 5 heteroatoms. The van der Waals surface area contributed by atoms with Crippen LogP contribution in [0.3, 0.4) is 0 Å². The lowest BCUT2D eigenvalue weighted by Gasteiger charge is -2.04. The molecule has 0 aromatic carbocycles. The summed E-state index contributed by atoms with van der Waals surface area (Å²) in [6, 6.07) is 0. The Bertz CT molecular complexity index is 449. The topological polar surface area (TPSA) is 54.5 Å². The predicted octanol–water partition coefficient (Wildman–Crippen LogP) is 2.20. The molecule has 0 unspecified atom stereocenters. The molecule has 0 saturated heterocycles. The summed E-state index contributed by atoms with van der Waals surface area (Å²) in [6.45, 7) is 4.28. The number of aromatic nitrogens is 4. The van der Waals surface area contributed by atoms with Gasteiger partial charge in [0.2, 0.25) is 5.28 Å². The second-order valence-corrected chi connectivity index (χ2v) is 4.01. The summed E-state index contributed by atoms with van der Waals surface area (Å²) in [7, 11) is 0. The van der Waals surface area contributed by atoms with E-state index in [4.69, 9.17) is 11.6 Å². The summed E-state index contributed by atoms with van der Waals surface area (Å²) in [5.41, 5.74) is 1.67. The molecule has 74 valence electrons. The Morgan fingerprint density at radius 1 is 1.43 bits per heavy atom. The summed E-state index contributed by atoms with van der Waals surface area (Å²) >= 11 is 5.79. The van der Waals surface area contributed by atoms with Gasteiger partial charge in [-0.15, -0.1) is 0 Å². The zero-order chi connectivity index (χ0) is 10.1. The molecule has 0 radical (unpaired) electrons. The van der Waals surface area contributed by atoms with Crippen molar-refractivity contribution < 1.29 is 0 Å². The van der Waals surface area contributed by atoms with E-state index in [2.05, 4.69) is 34.0 Å². The molecule has 14 heavy (non-hydrogen) atoms. The van der Waals surface area contributed by atoms with Crippen LogP contribution in [0.2, 0.25) is 5.28 Å². The molecule has 2 aromatic heterocycles. The minimum absolute atomic E-state index is 0.275. The first-order valence-electron chi connectivity index (χ1n) is 4.52. The highest BCUT2D eigenvalue weighted by Gasteiger charge is 2.09. The monoisotopic (exact) mass is 210 g/mol. The molecular formula is C9H11ClN4. The van der Waals surface area contributed by atoms with Gasteiger partial charge in [0, 0.05) is 0 Å². The van der Waals surface area contributed by atoms with Crippen molar-refractivity contribution in [1.29, 1.82) is 0 Å². The molecule has 0 spiro atoms. The smallest absolute Gasteiger partial charge is 0.224 e. The minimum atomic E-state index is 0.275. The first-order chi connectivity index (χ1) is 6.66. The third-order valence-electron chi connectivity index (χ3n) is 1.96. The van der Waals surface area contributed by atoms with Crippen molar-refractivity contribution in [3.05, 3.63) is 17.2 Å². The standard InChI is InChI=1S/C9H11ClN4/c1-5(2)3-7-6-4-11-14-8(6)13-9(10)12-7/h4-5H,3H2,1-2H3,(H,11,12,13,14). The van der Waals surface area contributed by atoms with Crippen LogP contribution in [-0.2, 0) is 6.42 Å². The van der Waals surface area contributed by atoms with Crippen molar-refractivity contribution in [2.24, 2.45) is 5.92 Å². The number of hydrogen-bond donors (Lipinski definition) is 1. The molecule has 0 aliphatic rings. The fraction of sp³-hybridized carbons (Fsp3) is 0.444. The second-order valence-electron chi connectivity index (χ2n) is 3.67. The molecule has 0 amide bonds. The maximum atomic E-state index is 5.79. The number of fused-ring (bicyclic) bond motifs is 1. The van der Waals surface area contributed by atoms with E-state index in [1.54, 1.807) is 6.20 Å². The highest BCUT2D eigenvalue weighted by molar-refractivity contribution is 6.28. The van der Waals surface area contributed by atoms with Gasteiger partial charge in [0.05, 0.1) is 17.3 Å². The van der Waals surface area contributed by atoms with Crippen LogP contribution >= 0.6 is 11.6 Å². The van der Waals surface area contributed by atoms with Gasteiger partial charge in [-0.1, -0.05) is 13.8 Å². The Morgan fingerprint density at radius 3 is 2.93 bits per heavy atom. The quantitative estimate of drug-likeness (QED) is 0.774. The van der Waals surface area contributed by atoms with E-state index >= 15 is 0 Å². The summed E-state index contributed by atoms with van der Waals surface area (Å²) in [4.78, 5) is 8.25. The number of halogens is 1. The largest absolute Gasteiger partial charge is 0.261 e. The van der Waals surface area contributed by atoms with Crippen molar-refractivity contribution in [3.8, 4) is 0 Å². The van der Waals surface area contributed by atoms with E-state index in [0.29, 0.717) is 11.6 Å². The zero-order valence-electron chi connectivity index (χ0n) is 8.08. The Morgan fingerprint density at radius 2 is 2.21 bits per heavy atom. The van der Waals surface area contributed by atoms with Crippen molar-refractivity contribution in [2.45, 2.75) is 20.3 Å². The number of hydrogen-bond acceptors (Lipinski definition) is 3. The third kappa shape index (κ3) is 1.70. The van der Waals surface area contributed by atoms with Crippen LogP contribution in [0.1, 0.15) is 19.5 Å². The van der Waals surface area contributed by atoms with Crippen LogP contribution < -0.4 is 0 Å². The van der Waals surface area contributed by atoms with Gasteiger partial charge in [0.1, 0.15) is 0 Å². The molecule has 1 N–H and O–H groups in total. The molecule has 0 saturated carbocycles. The molecule has 0 bridgehead atoms. The van der Waals surface area contributed by atoms with Gasteiger partial charge in [-0.3, -0.25) is 5.10 Å². The number of H-pyrrole nitrogens is 1. The Kier molecular flexibility index (Phi) is 2.37. The van der Waals surface area contributed by atoms with E-state index in [1.807, 2.05) is 0 Å². The maximum Gasteiger partial charge on any atom is 0.224 e.